The van der Waals surface area contributed by atoms with Crippen molar-refractivity contribution >= 4 is 45.2 Å². The van der Waals surface area contributed by atoms with E-state index in [4.69, 9.17) is 16.6 Å². The van der Waals surface area contributed by atoms with Crippen LogP contribution in [0.15, 0.2) is 74.7 Å². The molecule has 3 aromatic rings. The average Bonchev–Trinajstić information content (AvgIpc) is 3.15. The van der Waals surface area contributed by atoms with Crippen LogP contribution in [-0.4, -0.2) is 16.3 Å². The number of nitrogens with zero attached hydrogens (tertiary/aromatic N) is 2. The van der Waals surface area contributed by atoms with Gasteiger partial charge in [0.1, 0.15) is 11.5 Å². The molecule has 0 aliphatic heterocycles. The first kappa shape index (κ1) is 19.7. The molecule has 2 N–H and O–H groups in total. The number of halogens is 1. The summed E-state index contributed by atoms with van der Waals surface area (Å²) in [4.78, 5) is 10.4. The van der Waals surface area contributed by atoms with Gasteiger partial charge in [-0.25, -0.2) is 0 Å². The van der Waals surface area contributed by atoms with Crippen LogP contribution in [0.5, 0.6) is 0 Å². The van der Waals surface area contributed by atoms with Crippen molar-refractivity contribution in [1.82, 2.24) is 10.7 Å². The Morgan fingerprint density at radius 1 is 1.21 bits per heavy atom. The summed E-state index contributed by atoms with van der Waals surface area (Å²) in [5.74, 6) is 1.08. The number of thiocarbonyl (C=S) groups is 1. The molecule has 28 heavy (non-hydrogen) atoms. The standard InChI is InChI=1S/C19H15BrN4O3S/c20-17-10-14(24(25)26)6-8-16(17)18-9-7-15(27-18)12-22-23-19(28)21-11-13-4-2-1-3-5-13/h1-10,12H,11H2,(H2,21,23,28). The number of furan rings is 1. The van der Waals surface area contributed by atoms with E-state index >= 15 is 0 Å². The maximum atomic E-state index is 10.8. The first-order valence-corrected chi connectivity index (χ1v) is 9.38. The van der Waals surface area contributed by atoms with Crippen molar-refractivity contribution in [3.63, 3.8) is 0 Å². The maximum Gasteiger partial charge on any atom is 0.270 e. The number of hydrogen-bond donors (Lipinski definition) is 2. The Morgan fingerprint density at radius 3 is 2.71 bits per heavy atom. The summed E-state index contributed by atoms with van der Waals surface area (Å²) in [7, 11) is 0. The van der Waals surface area contributed by atoms with E-state index in [2.05, 4.69) is 31.8 Å². The summed E-state index contributed by atoms with van der Waals surface area (Å²) in [6.45, 7) is 0.598. The summed E-state index contributed by atoms with van der Waals surface area (Å²) in [6.07, 6.45) is 1.50. The Balaban J connectivity index is 1.57. The highest BCUT2D eigenvalue weighted by Gasteiger charge is 2.12. The lowest BCUT2D eigenvalue weighted by molar-refractivity contribution is -0.384. The van der Waals surface area contributed by atoms with Crippen molar-refractivity contribution in [1.29, 1.82) is 0 Å². The van der Waals surface area contributed by atoms with Crippen LogP contribution in [0.1, 0.15) is 11.3 Å². The second-order valence-electron chi connectivity index (χ2n) is 5.66. The molecule has 0 fully saturated rings. The smallest absolute Gasteiger partial charge is 0.270 e. The van der Waals surface area contributed by atoms with E-state index in [1.807, 2.05) is 30.3 Å². The molecule has 2 aromatic carbocycles. The molecule has 0 amide bonds. The van der Waals surface area contributed by atoms with Gasteiger partial charge in [-0.15, -0.1) is 0 Å². The maximum absolute atomic E-state index is 10.8. The van der Waals surface area contributed by atoms with E-state index in [-0.39, 0.29) is 5.69 Å². The quantitative estimate of drug-likeness (QED) is 0.242. The van der Waals surface area contributed by atoms with E-state index in [0.717, 1.165) is 5.56 Å². The summed E-state index contributed by atoms with van der Waals surface area (Å²) in [5.41, 5.74) is 4.55. The van der Waals surface area contributed by atoms with Crippen molar-refractivity contribution in [3.05, 3.63) is 86.6 Å². The van der Waals surface area contributed by atoms with Gasteiger partial charge in [0.05, 0.1) is 11.1 Å². The third kappa shape index (κ3) is 5.24. The molecule has 9 heteroatoms. The minimum absolute atomic E-state index is 0.00434. The molecule has 0 aliphatic rings. The number of nitro groups is 1. The topological polar surface area (TPSA) is 92.7 Å². The third-order valence-electron chi connectivity index (χ3n) is 3.71. The molecule has 142 valence electrons. The van der Waals surface area contributed by atoms with Crippen molar-refractivity contribution in [3.8, 4) is 11.3 Å². The number of non-ortho nitro benzene ring substituents is 1. The second-order valence-corrected chi connectivity index (χ2v) is 6.92. The SMILES string of the molecule is O=[N+]([O-])c1ccc(-c2ccc(C=NNC(=S)NCc3ccccc3)o2)c(Br)c1. The molecule has 0 spiro atoms. The molecule has 3 rings (SSSR count). The van der Waals surface area contributed by atoms with Gasteiger partial charge in [-0.1, -0.05) is 30.3 Å². The number of nitro benzene ring substituents is 1. The van der Waals surface area contributed by atoms with Gasteiger partial charge in [0.15, 0.2) is 5.11 Å². The highest BCUT2D eigenvalue weighted by atomic mass is 79.9. The molecule has 0 bridgehead atoms. The lowest BCUT2D eigenvalue weighted by Crippen LogP contribution is -2.31. The van der Waals surface area contributed by atoms with E-state index in [1.54, 1.807) is 18.2 Å². The van der Waals surface area contributed by atoms with Crippen LogP contribution in [0.4, 0.5) is 5.69 Å². The van der Waals surface area contributed by atoms with Crippen LogP contribution in [0.3, 0.4) is 0 Å². The molecule has 1 aromatic heterocycles. The molecular weight excluding hydrogens is 444 g/mol. The highest BCUT2D eigenvalue weighted by molar-refractivity contribution is 9.10. The molecule has 0 saturated carbocycles. The third-order valence-corrected chi connectivity index (χ3v) is 4.60. The van der Waals surface area contributed by atoms with E-state index in [0.29, 0.717) is 33.2 Å². The fraction of sp³-hybridized carbons (Fsp3) is 0.0526. The summed E-state index contributed by atoms with van der Waals surface area (Å²) < 4.78 is 6.28. The van der Waals surface area contributed by atoms with Gasteiger partial charge >= 0.3 is 0 Å². The average molecular weight is 459 g/mol. The van der Waals surface area contributed by atoms with E-state index < -0.39 is 4.92 Å². The molecule has 0 saturated heterocycles. The van der Waals surface area contributed by atoms with Crippen LogP contribution in [0.2, 0.25) is 0 Å². The van der Waals surface area contributed by atoms with Crippen molar-refractivity contribution in [2.24, 2.45) is 5.10 Å². The number of benzene rings is 2. The van der Waals surface area contributed by atoms with E-state index in [1.165, 1.54) is 18.3 Å². The lowest BCUT2D eigenvalue weighted by atomic mass is 10.1. The Hall–Kier alpha value is -3.04. The predicted molar refractivity (Wildman–Crippen MR) is 115 cm³/mol. The fourth-order valence-electron chi connectivity index (χ4n) is 2.36. The second kappa shape index (κ2) is 9.25. The van der Waals surface area contributed by atoms with Crippen LogP contribution in [0, 0.1) is 10.1 Å². The Morgan fingerprint density at radius 2 is 2.00 bits per heavy atom. The van der Waals surface area contributed by atoms with Gasteiger partial charge in [0.2, 0.25) is 0 Å². The summed E-state index contributed by atoms with van der Waals surface area (Å²) in [5, 5.41) is 18.3. The Bertz CT molecular complexity index is 1020. The van der Waals surface area contributed by atoms with Crippen molar-refractivity contribution < 1.29 is 9.34 Å². The minimum atomic E-state index is -0.449. The summed E-state index contributed by atoms with van der Waals surface area (Å²) in [6, 6.07) is 17.9. The zero-order chi connectivity index (χ0) is 19.9. The molecule has 0 aliphatic carbocycles. The lowest BCUT2D eigenvalue weighted by Gasteiger charge is -2.06. The normalized spacial score (nSPS) is 10.8. The summed E-state index contributed by atoms with van der Waals surface area (Å²) >= 11 is 8.51. The van der Waals surface area contributed by atoms with Crippen molar-refractivity contribution in [2.45, 2.75) is 6.54 Å². The number of nitrogens with one attached hydrogen (secondary N) is 2. The van der Waals surface area contributed by atoms with Gasteiger partial charge in [0.25, 0.3) is 5.69 Å². The molecule has 0 atom stereocenters. The molecule has 1 heterocycles. The van der Waals surface area contributed by atoms with Gasteiger partial charge < -0.3 is 9.73 Å². The number of hydrogen-bond acceptors (Lipinski definition) is 5. The molecule has 0 unspecified atom stereocenters. The van der Waals surface area contributed by atoms with Gasteiger partial charge in [0, 0.05) is 28.7 Å². The Labute approximate surface area is 174 Å². The van der Waals surface area contributed by atoms with E-state index in [9.17, 15) is 10.1 Å². The monoisotopic (exact) mass is 458 g/mol. The molecular formula is C19H15BrN4O3S. The van der Waals surface area contributed by atoms with Crippen LogP contribution in [-0.2, 0) is 6.54 Å². The van der Waals surface area contributed by atoms with Crippen LogP contribution in [0.25, 0.3) is 11.3 Å². The fourth-order valence-corrected chi connectivity index (χ4v) is 3.04. The number of rotatable bonds is 6. The predicted octanol–water partition coefficient (Wildman–Crippen LogP) is 4.62. The van der Waals surface area contributed by atoms with Gasteiger partial charge in [-0.2, -0.15) is 5.10 Å². The number of hydrazone groups is 1. The molecule has 0 radical (unpaired) electrons. The van der Waals surface area contributed by atoms with Crippen LogP contribution < -0.4 is 10.7 Å². The van der Waals surface area contributed by atoms with Gasteiger partial charge in [-0.3, -0.25) is 15.5 Å². The zero-order valence-corrected chi connectivity index (χ0v) is 16.9. The van der Waals surface area contributed by atoms with Gasteiger partial charge in [-0.05, 0) is 51.9 Å². The molecule has 7 nitrogen and oxygen atoms in total. The first-order chi connectivity index (χ1) is 13.5. The minimum Gasteiger partial charge on any atom is -0.455 e. The largest absolute Gasteiger partial charge is 0.455 e. The first-order valence-electron chi connectivity index (χ1n) is 8.18. The van der Waals surface area contributed by atoms with Crippen LogP contribution >= 0.6 is 28.1 Å². The highest BCUT2D eigenvalue weighted by Crippen LogP contribution is 2.32. The Kier molecular flexibility index (Phi) is 6.51. The zero-order valence-electron chi connectivity index (χ0n) is 14.5. The van der Waals surface area contributed by atoms with Crippen molar-refractivity contribution in [2.75, 3.05) is 0 Å².